The number of aryl methyl sites for hydroxylation is 2. The molecule has 0 aliphatic carbocycles. The summed E-state index contributed by atoms with van der Waals surface area (Å²) < 4.78 is 11.2. The van der Waals surface area contributed by atoms with Crippen molar-refractivity contribution in [2.45, 2.75) is 20.5 Å². The van der Waals surface area contributed by atoms with E-state index in [9.17, 15) is 14.4 Å². The van der Waals surface area contributed by atoms with E-state index in [1.54, 1.807) is 18.2 Å². The number of hydrogen-bond donors (Lipinski definition) is 2. The Morgan fingerprint density at radius 2 is 1.54 bits per heavy atom. The van der Waals surface area contributed by atoms with E-state index in [4.69, 9.17) is 9.47 Å². The van der Waals surface area contributed by atoms with Crippen LogP contribution in [-0.2, 0) is 16.2 Å². The molecule has 0 saturated carbocycles. The van der Waals surface area contributed by atoms with Gasteiger partial charge in [0.2, 0.25) is 0 Å². The van der Waals surface area contributed by atoms with Crippen molar-refractivity contribution < 1.29 is 23.9 Å². The summed E-state index contributed by atoms with van der Waals surface area (Å²) in [6.45, 7) is 4.45. The molecule has 0 atom stereocenters. The van der Waals surface area contributed by atoms with Gasteiger partial charge in [0, 0.05) is 0 Å². The third kappa shape index (κ3) is 4.37. The molecular formula is C21H20N2O5. The summed E-state index contributed by atoms with van der Waals surface area (Å²) >= 11 is 0. The highest BCUT2D eigenvalue weighted by Gasteiger charge is 2.27. The Morgan fingerprint density at radius 1 is 0.893 bits per heavy atom. The fourth-order valence-corrected chi connectivity index (χ4v) is 2.98. The molecule has 0 radical (unpaired) electrons. The second kappa shape index (κ2) is 7.96. The van der Waals surface area contributed by atoms with E-state index in [0.29, 0.717) is 23.7 Å². The van der Waals surface area contributed by atoms with E-state index in [-0.39, 0.29) is 5.57 Å². The van der Waals surface area contributed by atoms with Crippen molar-refractivity contribution in [1.82, 2.24) is 10.6 Å². The Kier molecular flexibility index (Phi) is 5.44. The second-order valence-corrected chi connectivity index (χ2v) is 6.49. The molecule has 144 valence electrons. The van der Waals surface area contributed by atoms with Crippen molar-refractivity contribution in [3.63, 3.8) is 0 Å². The number of hydrogen-bond acceptors (Lipinski definition) is 5. The van der Waals surface area contributed by atoms with Crippen LogP contribution in [0.1, 0.15) is 22.3 Å². The molecule has 0 unspecified atom stereocenters. The fourth-order valence-electron chi connectivity index (χ4n) is 2.98. The zero-order valence-corrected chi connectivity index (χ0v) is 15.8. The number of rotatable bonds is 5. The van der Waals surface area contributed by atoms with Gasteiger partial charge < -0.3 is 9.47 Å². The van der Waals surface area contributed by atoms with Gasteiger partial charge in [0.15, 0.2) is 11.5 Å². The van der Waals surface area contributed by atoms with Crippen LogP contribution in [0.3, 0.4) is 0 Å². The third-order valence-electron chi connectivity index (χ3n) is 4.12. The van der Waals surface area contributed by atoms with Crippen LogP contribution in [0.5, 0.6) is 11.5 Å². The quantitative estimate of drug-likeness (QED) is 0.614. The maximum Gasteiger partial charge on any atom is 0.328 e. The summed E-state index contributed by atoms with van der Waals surface area (Å²) in [6.07, 6.45) is 1.38. The van der Waals surface area contributed by atoms with Gasteiger partial charge in [0.25, 0.3) is 11.8 Å². The highest BCUT2D eigenvalue weighted by molar-refractivity contribution is 6.31. The largest absolute Gasteiger partial charge is 0.493 e. The van der Waals surface area contributed by atoms with Crippen LogP contribution in [-0.4, -0.2) is 25.0 Å². The third-order valence-corrected chi connectivity index (χ3v) is 4.12. The van der Waals surface area contributed by atoms with Crippen LogP contribution < -0.4 is 20.1 Å². The van der Waals surface area contributed by atoms with Gasteiger partial charge in [0.1, 0.15) is 12.2 Å². The number of carbonyl (C=O) groups excluding carboxylic acids is 3. The second-order valence-electron chi connectivity index (χ2n) is 6.49. The monoisotopic (exact) mass is 380 g/mol. The molecule has 0 bridgehead atoms. The first-order chi connectivity index (χ1) is 13.4. The lowest BCUT2D eigenvalue weighted by molar-refractivity contribution is -0.123. The van der Waals surface area contributed by atoms with E-state index in [0.717, 1.165) is 16.7 Å². The number of benzene rings is 2. The number of nitrogens with one attached hydrogen (secondary N) is 2. The number of amides is 4. The Bertz CT molecular complexity index is 952. The number of urea groups is 1. The maximum atomic E-state index is 11.8. The minimum atomic E-state index is -0.833. The molecule has 0 aromatic heterocycles. The van der Waals surface area contributed by atoms with Gasteiger partial charge in [-0.1, -0.05) is 35.4 Å². The van der Waals surface area contributed by atoms with E-state index in [1.807, 2.05) is 24.5 Å². The van der Waals surface area contributed by atoms with Gasteiger partial charge in [-0.3, -0.25) is 20.2 Å². The summed E-state index contributed by atoms with van der Waals surface area (Å²) in [6, 6.07) is 10.4. The SMILES string of the molecule is COc1cc(C=C2C(=O)NC(=O)NC2=O)ccc1OCc1cc(C)cc(C)c1. The zero-order valence-electron chi connectivity index (χ0n) is 15.8. The summed E-state index contributed by atoms with van der Waals surface area (Å²) in [5.41, 5.74) is 3.77. The Labute approximate surface area is 162 Å². The standard InChI is InChI=1S/C21H20N2O5/c1-12-6-13(2)8-15(7-12)11-28-17-5-4-14(10-18(17)27-3)9-16-19(24)22-21(26)23-20(16)25/h4-10H,11H2,1-3H3,(H2,22,23,24,25,26). The lowest BCUT2D eigenvalue weighted by Gasteiger charge is -2.15. The summed E-state index contributed by atoms with van der Waals surface area (Å²) in [5, 5.41) is 4.07. The van der Waals surface area contributed by atoms with E-state index >= 15 is 0 Å². The van der Waals surface area contributed by atoms with Crippen molar-refractivity contribution in [3.05, 3.63) is 64.2 Å². The normalized spacial score (nSPS) is 13.7. The highest BCUT2D eigenvalue weighted by atomic mass is 16.5. The first kappa shape index (κ1) is 19.2. The highest BCUT2D eigenvalue weighted by Crippen LogP contribution is 2.30. The van der Waals surface area contributed by atoms with Crippen LogP contribution in [0.25, 0.3) is 6.08 Å². The van der Waals surface area contributed by atoms with Crippen molar-refractivity contribution in [1.29, 1.82) is 0 Å². The predicted octanol–water partition coefficient (Wildman–Crippen LogP) is 2.64. The molecule has 28 heavy (non-hydrogen) atoms. The number of ether oxygens (including phenoxy) is 2. The lowest BCUT2D eigenvalue weighted by Crippen LogP contribution is -2.51. The first-order valence-electron chi connectivity index (χ1n) is 8.62. The van der Waals surface area contributed by atoms with Crippen molar-refractivity contribution in [3.8, 4) is 11.5 Å². The number of methoxy groups -OCH3 is 1. The van der Waals surface area contributed by atoms with Crippen LogP contribution in [0.15, 0.2) is 42.0 Å². The van der Waals surface area contributed by atoms with Crippen LogP contribution in [0, 0.1) is 13.8 Å². The van der Waals surface area contributed by atoms with Gasteiger partial charge >= 0.3 is 6.03 Å². The number of barbiturate groups is 1. The molecule has 7 nitrogen and oxygen atoms in total. The first-order valence-corrected chi connectivity index (χ1v) is 8.62. The van der Waals surface area contributed by atoms with Crippen LogP contribution in [0.2, 0.25) is 0 Å². The fraction of sp³-hybridized carbons (Fsp3) is 0.190. The molecule has 1 saturated heterocycles. The number of imide groups is 2. The average Bonchev–Trinajstić information content (AvgIpc) is 2.62. The van der Waals surface area contributed by atoms with Crippen molar-refractivity contribution in [2.75, 3.05) is 7.11 Å². The molecule has 1 aliphatic rings. The molecule has 4 amide bonds. The van der Waals surface area contributed by atoms with Gasteiger partial charge in [-0.25, -0.2) is 4.79 Å². The van der Waals surface area contributed by atoms with Gasteiger partial charge in [-0.15, -0.1) is 0 Å². The molecule has 1 aliphatic heterocycles. The molecule has 2 N–H and O–H groups in total. The summed E-state index contributed by atoms with van der Waals surface area (Å²) in [7, 11) is 1.51. The molecule has 2 aromatic rings. The van der Waals surface area contributed by atoms with Gasteiger partial charge in [-0.2, -0.15) is 0 Å². The van der Waals surface area contributed by atoms with E-state index in [1.165, 1.54) is 13.2 Å². The minimum absolute atomic E-state index is 0.162. The van der Waals surface area contributed by atoms with E-state index in [2.05, 4.69) is 18.2 Å². The van der Waals surface area contributed by atoms with Crippen molar-refractivity contribution >= 4 is 23.9 Å². The smallest absolute Gasteiger partial charge is 0.328 e. The van der Waals surface area contributed by atoms with Crippen LogP contribution >= 0.6 is 0 Å². The van der Waals surface area contributed by atoms with Crippen molar-refractivity contribution in [2.24, 2.45) is 0 Å². The molecule has 1 fully saturated rings. The zero-order chi connectivity index (χ0) is 20.3. The lowest BCUT2D eigenvalue weighted by atomic mass is 10.1. The topological polar surface area (TPSA) is 93.7 Å². The Balaban J connectivity index is 1.80. The molecule has 2 aromatic carbocycles. The van der Waals surface area contributed by atoms with E-state index < -0.39 is 17.8 Å². The summed E-state index contributed by atoms with van der Waals surface area (Å²) in [4.78, 5) is 34.8. The van der Waals surface area contributed by atoms with Crippen LogP contribution in [0.4, 0.5) is 4.79 Å². The Hall–Kier alpha value is -3.61. The average molecular weight is 380 g/mol. The molecule has 0 spiro atoms. The molecule has 1 heterocycles. The van der Waals surface area contributed by atoms with Gasteiger partial charge in [0.05, 0.1) is 7.11 Å². The summed E-state index contributed by atoms with van der Waals surface area (Å²) in [5.74, 6) is -0.492. The Morgan fingerprint density at radius 3 is 2.14 bits per heavy atom. The number of carbonyl (C=O) groups is 3. The maximum absolute atomic E-state index is 11.8. The molecule has 7 heteroatoms. The van der Waals surface area contributed by atoms with Gasteiger partial charge in [-0.05, 0) is 43.2 Å². The molecule has 3 rings (SSSR count). The minimum Gasteiger partial charge on any atom is -0.493 e. The molecular weight excluding hydrogens is 360 g/mol. The predicted molar refractivity (Wildman–Crippen MR) is 103 cm³/mol.